The molecule has 1 aromatic carbocycles. The number of alkyl halides is 3. The van der Waals surface area contributed by atoms with Crippen LogP contribution in [0.15, 0.2) is 29.1 Å². The lowest BCUT2D eigenvalue weighted by molar-refractivity contribution is -0.385. The lowest BCUT2D eigenvalue weighted by Crippen LogP contribution is -2.13. The van der Waals surface area contributed by atoms with Crippen molar-refractivity contribution in [3.05, 3.63) is 46.1 Å². The predicted octanol–water partition coefficient (Wildman–Crippen LogP) is 2.65. The summed E-state index contributed by atoms with van der Waals surface area (Å²) >= 11 is 0. The summed E-state index contributed by atoms with van der Waals surface area (Å²) in [5.41, 5.74) is -1.95. The second kappa shape index (κ2) is 5.77. The number of non-ortho nitro benzene ring substituents is 1. The molecule has 0 bridgehead atoms. The molecule has 2 aromatic rings. The van der Waals surface area contributed by atoms with Crippen molar-refractivity contribution in [1.29, 1.82) is 0 Å². The summed E-state index contributed by atoms with van der Waals surface area (Å²) in [4.78, 5) is 13.4. The number of nitrogens with one attached hydrogen (secondary N) is 1. The fourth-order valence-electron chi connectivity index (χ4n) is 1.65. The van der Waals surface area contributed by atoms with Crippen LogP contribution in [0.1, 0.15) is 11.4 Å². The van der Waals surface area contributed by atoms with Crippen molar-refractivity contribution in [2.45, 2.75) is 12.6 Å². The average molecular weight is 302 g/mol. The van der Waals surface area contributed by atoms with E-state index in [1.54, 1.807) is 0 Å². The van der Waals surface area contributed by atoms with Gasteiger partial charge in [-0.25, -0.2) is 0 Å². The van der Waals surface area contributed by atoms with E-state index in [1.165, 1.54) is 0 Å². The third-order valence-corrected chi connectivity index (χ3v) is 2.59. The molecule has 1 N–H and O–H groups in total. The number of nitro groups is 1. The van der Waals surface area contributed by atoms with Crippen molar-refractivity contribution in [3.63, 3.8) is 0 Å². The molecule has 0 saturated heterocycles. The van der Waals surface area contributed by atoms with Gasteiger partial charge in [0.15, 0.2) is 5.82 Å². The van der Waals surface area contributed by atoms with E-state index in [0.29, 0.717) is 11.9 Å². The molecule has 0 spiro atoms. The van der Waals surface area contributed by atoms with E-state index in [4.69, 9.17) is 0 Å². The summed E-state index contributed by atoms with van der Waals surface area (Å²) in [6.07, 6.45) is -3.33. The molecule has 0 amide bonds. The van der Waals surface area contributed by atoms with Crippen LogP contribution in [0.3, 0.4) is 0 Å². The third kappa shape index (κ3) is 3.68. The first-order chi connectivity index (χ1) is 9.88. The summed E-state index contributed by atoms with van der Waals surface area (Å²) in [5, 5.41) is 16.6. The minimum absolute atomic E-state index is 0.125. The standard InChI is InChI=1S/C11H9F3N4O3/c12-11(13,14)8-5-7(18(19)20)1-2-9(8)15-4-3-10-16-6-21-17-10/h1-2,5-6,15H,3-4H2. The fourth-order valence-corrected chi connectivity index (χ4v) is 1.65. The molecular weight excluding hydrogens is 293 g/mol. The van der Waals surface area contributed by atoms with Crippen LogP contribution in [-0.4, -0.2) is 21.6 Å². The van der Waals surface area contributed by atoms with Crippen molar-refractivity contribution in [3.8, 4) is 0 Å². The Morgan fingerprint density at radius 2 is 2.14 bits per heavy atom. The Morgan fingerprint density at radius 3 is 2.71 bits per heavy atom. The molecule has 0 radical (unpaired) electrons. The molecule has 0 saturated carbocycles. The second-order valence-corrected chi connectivity index (χ2v) is 4.01. The summed E-state index contributed by atoms with van der Waals surface area (Å²) in [7, 11) is 0. The van der Waals surface area contributed by atoms with E-state index in [0.717, 1.165) is 18.5 Å². The third-order valence-electron chi connectivity index (χ3n) is 2.59. The van der Waals surface area contributed by atoms with Gasteiger partial charge in [0, 0.05) is 30.8 Å². The van der Waals surface area contributed by atoms with Crippen molar-refractivity contribution >= 4 is 11.4 Å². The molecule has 7 nitrogen and oxygen atoms in total. The quantitative estimate of drug-likeness (QED) is 0.674. The van der Waals surface area contributed by atoms with Crippen LogP contribution in [0.2, 0.25) is 0 Å². The SMILES string of the molecule is O=[N+]([O-])c1ccc(NCCc2ncon2)c(C(F)(F)F)c1. The second-order valence-electron chi connectivity index (χ2n) is 4.01. The number of nitro benzene ring substituents is 1. The molecule has 1 heterocycles. The Bertz CT molecular complexity index is 628. The molecule has 0 aliphatic carbocycles. The Hall–Kier alpha value is -2.65. The van der Waals surface area contributed by atoms with Crippen molar-refractivity contribution in [1.82, 2.24) is 10.1 Å². The minimum atomic E-state index is -4.69. The Kier molecular flexibility index (Phi) is 4.05. The summed E-state index contributed by atoms with van der Waals surface area (Å²) in [5.74, 6) is 0.345. The van der Waals surface area contributed by atoms with Gasteiger partial charge >= 0.3 is 6.18 Å². The number of rotatable bonds is 5. The monoisotopic (exact) mass is 302 g/mol. The highest BCUT2D eigenvalue weighted by Crippen LogP contribution is 2.36. The van der Waals surface area contributed by atoms with Gasteiger partial charge in [-0.05, 0) is 6.07 Å². The molecule has 0 fully saturated rings. The van der Waals surface area contributed by atoms with Gasteiger partial charge in [-0.15, -0.1) is 0 Å². The van der Waals surface area contributed by atoms with Gasteiger partial charge in [0.05, 0.1) is 10.5 Å². The number of hydrogen-bond donors (Lipinski definition) is 1. The van der Waals surface area contributed by atoms with Gasteiger partial charge in [0.25, 0.3) is 5.69 Å². The van der Waals surface area contributed by atoms with Gasteiger partial charge in [0.2, 0.25) is 6.39 Å². The van der Waals surface area contributed by atoms with Crippen LogP contribution < -0.4 is 5.32 Å². The van der Waals surface area contributed by atoms with Crippen LogP contribution >= 0.6 is 0 Å². The number of hydrogen-bond acceptors (Lipinski definition) is 6. The van der Waals surface area contributed by atoms with Crippen molar-refractivity contribution in [2.24, 2.45) is 0 Å². The molecule has 0 atom stereocenters. The lowest BCUT2D eigenvalue weighted by Gasteiger charge is -2.13. The highest BCUT2D eigenvalue weighted by Gasteiger charge is 2.35. The largest absolute Gasteiger partial charge is 0.418 e. The Labute approximate surface area is 115 Å². The van der Waals surface area contributed by atoms with Gasteiger partial charge in [-0.1, -0.05) is 5.16 Å². The fraction of sp³-hybridized carbons (Fsp3) is 0.273. The molecule has 10 heteroatoms. The van der Waals surface area contributed by atoms with Crippen LogP contribution in [-0.2, 0) is 12.6 Å². The first-order valence-corrected chi connectivity index (χ1v) is 5.72. The first kappa shape index (κ1) is 14.8. The molecule has 21 heavy (non-hydrogen) atoms. The van der Waals surface area contributed by atoms with Gasteiger partial charge in [-0.3, -0.25) is 10.1 Å². The normalized spacial score (nSPS) is 11.4. The zero-order valence-electron chi connectivity index (χ0n) is 10.4. The van der Waals surface area contributed by atoms with Crippen LogP contribution in [0.5, 0.6) is 0 Å². The van der Waals surface area contributed by atoms with E-state index in [9.17, 15) is 23.3 Å². The van der Waals surface area contributed by atoms with E-state index in [1.807, 2.05) is 0 Å². The number of nitrogens with zero attached hydrogens (tertiary/aromatic N) is 3. The number of benzene rings is 1. The summed E-state index contributed by atoms with van der Waals surface area (Å²) in [6.45, 7) is 0.125. The Balaban J connectivity index is 2.16. The van der Waals surface area contributed by atoms with Crippen molar-refractivity contribution < 1.29 is 22.6 Å². The van der Waals surface area contributed by atoms with Gasteiger partial charge in [0.1, 0.15) is 0 Å². The molecule has 112 valence electrons. The summed E-state index contributed by atoms with van der Waals surface area (Å²) < 4.78 is 43.2. The predicted molar refractivity (Wildman–Crippen MR) is 64.6 cm³/mol. The highest BCUT2D eigenvalue weighted by molar-refractivity contribution is 5.57. The highest BCUT2D eigenvalue weighted by atomic mass is 19.4. The van der Waals surface area contributed by atoms with Crippen LogP contribution in [0.25, 0.3) is 0 Å². The minimum Gasteiger partial charge on any atom is -0.384 e. The maximum Gasteiger partial charge on any atom is 0.418 e. The summed E-state index contributed by atoms with van der Waals surface area (Å²) in [6, 6.07) is 2.53. The van der Waals surface area contributed by atoms with Gasteiger partial charge in [-0.2, -0.15) is 18.2 Å². The van der Waals surface area contributed by atoms with E-state index in [2.05, 4.69) is 20.0 Å². The smallest absolute Gasteiger partial charge is 0.384 e. The average Bonchev–Trinajstić information content (AvgIpc) is 2.90. The molecule has 0 aliphatic rings. The first-order valence-electron chi connectivity index (χ1n) is 5.72. The number of aromatic nitrogens is 2. The zero-order valence-corrected chi connectivity index (χ0v) is 10.4. The van der Waals surface area contributed by atoms with Crippen LogP contribution in [0.4, 0.5) is 24.5 Å². The van der Waals surface area contributed by atoms with Crippen LogP contribution in [0, 0.1) is 10.1 Å². The number of anilines is 1. The molecular formula is C11H9F3N4O3. The molecule has 0 unspecified atom stereocenters. The molecule has 2 rings (SSSR count). The van der Waals surface area contributed by atoms with Gasteiger partial charge < -0.3 is 9.84 Å². The van der Waals surface area contributed by atoms with E-state index in [-0.39, 0.29) is 18.7 Å². The Morgan fingerprint density at radius 1 is 1.38 bits per heavy atom. The number of halogens is 3. The molecule has 0 aliphatic heterocycles. The molecule has 1 aromatic heterocycles. The van der Waals surface area contributed by atoms with Crippen molar-refractivity contribution in [2.75, 3.05) is 11.9 Å². The zero-order chi connectivity index (χ0) is 15.5. The maximum absolute atomic E-state index is 12.9. The van der Waals surface area contributed by atoms with E-state index < -0.39 is 22.4 Å². The topological polar surface area (TPSA) is 94.1 Å². The lowest BCUT2D eigenvalue weighted by atomic mass is 10.1. The maximum atomic E-state index is 12.9. The van der Waals surface area contributed by atoms with E-state index >= 15 is 0 Å².